The second-order valence-corrected chi connectivity index (χ2v) is 9.49. The number of amides is 1. The van der Waals surface area contributed by atoms with Gasteiger partial charge in [0.1, 0.15) is 5.01 Å². The Hall–Kier alpha value is -3.12. The lowest BCUT2D eigenvalue weighted by Gasteiger charge is -2.26. The molecule has 2 aromatic heterocycles. The molecule has 0 saturated carbocycles. The Balaban J connectivity index is 1.26. The summed E-state index contributed by atoms with van der Waals surface area (Å²) in [4.78, 5) is 14.9. The summed E-state index contributed by atoms with van der Waals surface area (Å²) in [7, 11) is 0. The van der Waals surface area contributed by atoms with Crippen LogP contribution in [0.2, 0.25) is 0 Å². The molecule has 34 heavy (non-hydrogen) atoms. The number of anilines is 1. The minimum Gasteiger partial charge on any atom is -0.379 e. The second-order valence-electron chi connectivity index (χ2n) is 7.57. The molecule has 0 bridgehead atoms. The van der Waals surface area contributed by atoms with Crippen molar-refractivity contribution in [3.63, 3.8) is 0 Å². The van der Waals surface area contributed by atoms with Crippen LogP contribution in [-0.4, -0.2) is 67.8 Å². The van der Waals surface area contributed by atoms with E-state index < -0.39 is 0 Å². The molecule has 0 radical (unpaired) electrons. The Bertz CT molecular complexity index is 1220. The molecule has 0 atom stereocenters. The van der Waals surface area contributed by atoms with Crippen molar-refractivity contribution < 1.29 is 9.53 Å². The van der Waals surface area contributed by atoms with Gasteiger partial charge in [0.2, 0.25) is 11.0 Å². The lowest BCUT2D eigenvalue weighted by molar-refractivity contribution is -0.113. The average molecular weight is 494 g/mol. The number of nitrogens with one attached hydrogen (secondary N) is 1. The first-order chi connectivity index (χ1) is 16.8. The summed E-state index contributed by atoms with van der Waals surface area (Å²) < 4.78 is 7.48. The first-order valence-corrected chi connectivity index (χ1v) is 12.7. The Labute approximate surface area is 205 Å². The van der Waals surface area contributed by atoms with Crippen LogP contribution in [0.3, 0.4) is 0 Å². The molecule has 0 spiro atoms. The van der Waals surface area contributed by atoms with E-state index in [1.54, 1.807) is 0 Å². The number of para-hydroxylation sites is 1. The summed E-state index contributed by atoms with van der Waals surface area (Å²) in [6, 6.07) is 19.7. The Kier molecular flexibility index (Phi) is 7.25. The number of rotatable bonds is 8. The largest absolute Gasteiger partial charge is 0.379 e. The highest BCUT2D eigenvalue weighted by molar-refractivity contribution is 7.99. The molecule has 1 aliphatic heterocycles. The van der Waals surface area contributed by atoms with Gasteiger partial charge < -0.3 is 4.74 Å². The molecule has 174 valence electrons. The minimum absolute atomic E-state index is 0.168. The molecule has 3 heterocycles. The summed E-state index contributed by atoms with van der Waals surface area (Å²) in [5.41, 5.74) is 1.94. The number of carbonyl (C=O) groups is 1. The van der Waals surface area contributed by atoms with E-state index in [-0.39, 0.29) is 11.7 Å². The van der Waals surface area contributed by atoms with Gasteiger partial charge in [-0.05, 0) is 12.1 Å². The topological polar surface area (TPSA) is 98.1 Å². The fraction of sp³-hybridized carbons (Fsp3) is 0.261. The number of benzene rings is 2. The molecule has 1 saturated heterocycles. The van der Waals surface area contributed by atoms with Crippen LogP contribution in [0.4, 0.5) is 5.13 Å². The molecule has 2 aromatic carbocycles. The molecular formula is C23H23N7O2S2. The number of carbonyl (C=O) groups excluding carboxylic acids is 1. The zero-order valence-electron chi connectivity index (χ0n) is 18.3. The van der Waals surface area contributed by atoms with Crippen molar-refractivity contribution in [2.75, 3.05) is 37.4 Å². The van der Waals surface area contributed by atoms with Crippen LogP contribution in [0, 0.1) is 0 Å². The second kappa shape index (κ2) is 10.9. The summed E-state index contributed by atoms with van der Waals surface area (Å²) >= 11 is 2.69. The van der Waals surface area contributed by atoms with Gasteiger partial charge in [0.15, 0.2) is 11.0 Å². The minimum atomic E-state index is -0.168. The highest BCUT2D eigenvalue weighted by atomic mass is 32.2. The fourth-order valence-electron chi connectivity index (χ4n) is 3.55. The van der Waals surface area contributed by atoms with E-state index in [1.807, 2.05) is 65.2 Å². The van der Waals surface area contributed by atoms with Crippen molar-refractivity contribution in [1.29, 1.82) is 0 Å². The van der Waals surface area contributed by atoms with Gasteiger partial charge in [0.25, 0.3) is 0 Å². The van der Waals surface area contributed by atoms with Gasteiger partial charge in [0.05, 0.1) is 25.5 Å². The molecule has 0 aliphatic carbocycles. The molecule has 0 unspecified atom stereocenters. The van der Waals surface area contributed by atoms with Gasteiger partial charge in [-0.15, -0.1) is 20.4 Å². The Morgan fingerprint density at radius 2 is 1.71 bits per heavy atom. The predicted octanol–water partition coefficient (Wildman–Crippen LogP) is 3.35. The van der Waals surface area contributed by atoms with Crippen molar-refractivity contribution in [3.8, 4) is 16.3 Å². The number of aromatic nitrogens is 5. The quantitative estimate of drug-likeness (QED) is 0.373. The van der Waals surface area contributed by atoms with Gasteiger partial charge in [-0.2, -0.15) is 0 Å². The fourth-order valence-corrected chi connectivity index (χ4v) is 5.08. The monoisotopic (exact) mass is 493 g/mol. The van der Waals surface area contributed by atoms with Crippen LogP contribution in [0.25, 0.3) is 16.3 Å². The van der Waals surface area contributed by atoms with Crippen LogP contribution < -0.4 is 5.32 Å². The van der Waals surface area contributed by atoms with E-state index >= 15 is 0 Å². The van der Waals surface area contributed by atoms with Gasteiger partial charge in [-0.3, -0.25) is 19.6 Å². The Morgan fingerprint density at radius 3 is 2.47 bits per heavy atom. The maximum atomic E-state index is 12.6. The molecule has 1 N–H and O–H groups in total. The molecule has 1 amide bonds. The number of morpholine rings is 1. The van der Waals surface area contributed by atoms with Crippen molar-refractivity contribution in [3.05, 3.63) is 66.5 Å². The summed E-state index contributed by atoms with van der Waals surface area (Å²) in [5, 5.41) is 21.9. The van der Waals surface area contributed by atoms with E-state index in [0.29, 0.717) is 16.8 Å². The molecule has 5 rings (SSSR count). The van der Waals surface area contributed by atoms with E-state index in [9.17, 15) is 4.79 Å². The lowest BCUT2D eigenvalue weighted by atomic mass is 10.2. The predicted molar refractivity (Wildman–Crippen MR) is 132 cm³/mol. The molecule has 1 fully saturated rings. The zero-order valence-corrected chi connectivity index (χ0v) is 20.0. The van der Waals surface area contributed by atoms with Crippen molar-refractivity contribution in [1.82, 2.24) is 29.9 Å². The van der Waals surface area contributed by atoms with Gasteiger partial charge >= 0.3 is 0 Å². The third kappa shape index (κ3) is 5.50. The maximum absolute atomic E-state index is 12.6. The SMILES string of the molecule is O=C(CSc1nnc(CN2CCOCC2)n1-c1ccccc1)Nc1nnc(-c2ccccc2)s1. The molecule has 1 aliphatic rings. The van der Waals surface area contributed by atoms with Crippen LogP contribution in [0.15, 0.2) is 65.8 Å². The van der Waals surface area contributed by atoms with E-state index in [2.05, 4.69) is 30.6 Å². The molecule has 4 aromatic rings. The molecule has 9 nitrogen and oxygen atoms in total. The van der Waals surface area contributed by atoms with E-state index in [4.69, 9.17) is 4.74 Å². The summed E-state index contributed by atoms with van der Waals surface area (Å²) in [5.74, 6) is 0.855. The number of hydrogen-bond donors (Lipinski definition) is 1. The van der Waals surface area contributed by atoms with Crippen molar-refractivity contribution >= 4 is 34.1 Å². The van der Waals surface area contributed by atoms with Gasteiger partial charge in [-0.1, -0.05) is 71.6 Å². The van der Waals surface area contributed by atoms with Crippen LogP contribution in [0.5, 0.6) is 0 Å². The molecule has 11 heteroatoms. The van der Waals surface area contributed by atoms with Crippen LogP contribution in [0.1, 0.15) is 5.82 Å². The number of hydrogen-bond acceptors (Lipinski definition) is 9. The highest BCUT2D eigenvalue weighted by Gasteiger charge is 2.20. The van der Waals surface area contributed by atoms with Gasteiger partial charge in [-0.25, -0.2) is 0 Å². The smallest absolute Gasteiger partial charge is 0.236 e. The average Bonchev–Trinajstić information content (AvgIpc) is 3.51. The van der Waals surface area contributed by atoms with E-state index in [0.717, 1.165) is 48.4 Å². The standard InChI is InChI=1S/C23H23N7O2S2/c31-20(24-22-27-26-21(34-22)17-7-3-1-4-8-17)16-33-23-28-25-19(15-29-11-13-32-14-12-29)30(23)18-9-5-2-6-10-18/h1-10H,11-16H2,(H,24,27,31). The van der Waals surface area contributed by atoms with Crippen molar-refractivity contribution in [2.24, 2.45) is 0 Å². The van der Waals surface area contributed by atoms with E-state index in [1.165, 1.54) is 23.1 Å². The first kappa shape index (κ1) is 22.7. The van der Waals surface area contributed by atoms with Crippen LogP contribution >= 0.6 is 23.1 Å². The normalized spacial score (nSPS) is 14.2. The number of thioether (sulfide) groups is 1. The first-order valence-electron chi connectivity index (χ1n) is 10.9. The molecular weight excluding hydrogens is 470 g/mol. The summed E-state index contributed by atoms with van der Waals surface area (Å²) in [6.45, 7) is 3.83. The van der Waals surface area contributed by atoms with Gasteiger partial charge in [0, 0.05) is 24.3 Å². The third-order valence-electron chi connectivity index (χ3n) is 5.21. The van der Waals surface area contributed by atoms with Crippen LogP contribution in [-0.2, 0) is 16.1 Å². The third-order valence-corrected chi connectivity index (χ3v) is 7.02. The highest BCUT2D eigenvalue weighted by Crippen LogP contribution is 2.27. The summed E-state index contributed by atoms with van der Waals surface area (Å²) in [6.07, 6.45) is 0. The number of ether oxygens (including phenoxy) is 1. The lowest BCUT2D eigenvalue weighted by Crippen LogP contribution is -2.36. The zero-order chi connectivity index (χ0) is 23.2. The Morgan fingerprint density at radius 1 is 0.971 bits per heavy atom. The number of nitrogens with zero attached hydrogens (tertiary/aromatic N) is 6. The van der Waals surface area contributed by atoms with Crippen molar-refractivity contribution in [2.45, 2.75) is 11.7 Å². The maximum Gasteiger partial charge on any atom is 0.236 e.